The van der Waals surface area contributed by atoms with Crippen molar-refractivity contribution in [2.24, 2.45) is 5.92 Å². The molecule has 0 radical (unpaired) electrons. The third-order valence-electron chi connectivity index (χ3n) is 3.16. The number of amidine groups is 1. The normalized spacial score (nSPS) is 25.9. The summed E-state index contributed by atoms with van der Waals surface area (Å²) in [7, 11) is 5.41. The molecule has 0 aliphatic carbocycles. The molecule has 0 saturated carbocycles. The van der Waals surface area contributed by atoms with Crippen molar-refractivity contribution in [3.8, 4) is 0 Å². The molecule has 0 aromatic carbocycles. The molecule has 1 heterocycles. The number of hydrogen-bond donors (Lipinski definition) is 3. The second-order valence-electron chi connectivity index (χ2n) is 5.09. The molecule has 6 nitrogen and oxygen atoms in total. The Morgan fingerprint density at radius 1 is 1.60 bits per heavy atom. The zero-order valence-electron chi connectivity index (χ0n) is 12.5. The third kappa shape index (κ3) is 6.26. The molecule has 0 bridgehead atoms. The number of rotatable bonds is 6. The molecule has 116 valence electrons. The van der Waals surface area contributed by atoms with Gasteiger partial charge in [-0.25, -0.2) is 9.57 Å². The van der Waals surface area contributed by atoms with Crippen molar-refractivity contribution in [1.82, 2.24) is 14.9 Å². The molecule has 0 aromatic rings. The summed E-state index contributed by atoms with van der Waals surface area (Å²) in [5, 5.41) is 14.0. The first-order chi connectivity index (χ1) is 9.54. The second kappa shape index (κ2) is 9.39. The number of aliphatic hydroxyl groups is 1. The zero-order valence-corrected chi connectivity index (χ0v) is 13.3. The minimum Gasteiger partial charge on any atom is -0.392 e. The zero-order chi connectivity index (χ0) is 15.0. The van der Waals surface area contributed by atoms with Crippen molar-refractivity contribution in [1.29, 1.82) is 0 Å². The Balaban J connectivity index is 2.38. The lowest BCUT2D eigenvalue weighted by atomic mass is 9.96. The van der Waals surface area contributed by atoms with Crippen LogP contribution in [0.25, 0.3) is 0 Å². The molecular weight excluding hydrogens is 278 g/mol. The number of thiol groups is 1. The fourth-order valence-corrected chi connectivity index (χ4v) is 1.94. The summed E-state index contributed by atoms with van der Waals surface area (Å²) < 4.78 is 14.9. The first-order valence-corrected chi connectivity index (χ1v) is 7.26. The number of hydrogen-bond acceptors (Lipinski definition) is 4. The van der Waals surface area contributed by atoms with Crippen molar-refractivity contribution in [3.05, 3.63) is 0 Å². The summed E-state index contributed by atoms with van der Waals surface area (Å²) in [4.78, 5) is 1.80. The standard InChI is InChI=1S/C13H25N3O3S/c1-16(2)13(20)15-7-10-9-19-11(6-12(10)17)8-14-4-5-18-3/h7,10-12,14,17H,4-6,8-9H2,1-3H3/p+1. The van der Waals surface area contributed by atoms with Gasteiger partial charge in [-0.05, 0) is 12.6 Å². The highest BCUT2D eigenvalue weighted by molar-refractivity contribution is 7.96. The molecule has 0 aromatic heterocycles. The van der Waals surface area contributed by atoms with Crippen molar-refractivity contribution < 1.29 is 14.6 Å². The van der Waals surface area contributed by atoms with Crippen LogP contribution in [0.5, 0.6) is 0 Å². The van der Waals surface area contributed by atoms with E-state index >= 15 is 0 Å². The van der Waals surface area contributed by atoms with Gasteiger partial charge in [0.15, 0.2) is 6.21 Å². The van der Waals surface area contributed by atoms with E-state index in [9.17, 15) is 5.11 Å². The third-order valence-corrected chi connectivity index (χ3v) is 3.67. The molecule has 3 unspecified atom stereocenters. The molecule has 0 amide bonds. The van der Waals surface area contributed by atoms with Gasteiger partial charge in [0.25, 0.3) is 0 Å². The summed E-state index contributed by atoms with van der Waals surface area (Å²) in [5.41, 5.74) is 0. The van der Waals surface area contributed by atoms with E-state index in [0.29, 0.717) is 24.8 Å². The van der Waals surface area contributed by atoms with Gasteiger partial charge < -0.3 is 19.9 Å². The van der Waals surface area contributed by atoms with Gasteiger partial charge in [0.05, 0.1) is 45.4 Å². The predicted octanol–water partition coefficient (Wildman–Crippen LogP) is -1.03. The van der Waals surface area contributed by atoms with Crippen LogP contribution >= 0.6 is 12.6 Å². The van der Waals surface area contributed by atoms with Crippen LogP contribution in [0, 0.1) is 5.92 Å². The second-order valence-corrected chi connectivity index (χ2v) is 5.49. The predicted molar refractivity (Wildman–Crippen MR) is 84.5 cm³/mol. The highest BCUT2D eigenvalue weighted by Gasteiger charge is 2.30. The number of aliphatic hydroxyl groups excluding tert-OH is 1. The quantitative estimate of drug-likeness (QED) is 0.193. The molecule has 1 fully saturated rings. The number of nitrogens with zero attached hydrogens (tertiary/aromatic N) is 2. The van der Waals surface area contributed by atoms with E-state index in [1.807, 2.05) is 14.1 Å². The Kier molecular flexibility index (Phi) is 8.21. The summed E-state index contributed by atoms with van der Waals surface area (Å²) in [5.74, 6) is -0.0766. The van der Waals surface area contributed by atoms with Crippen LogP contribution in [0.1, 0.15) is 6.42 Å². The molecule has 0 spiro atoms. The maximum Gasteiger partial charge on any atom is 0.402 e. The minimum absolute atomic E-state index is 0.0415. The van der Waals surface area contributed by atoms with E-state index in [4.69, 9.17) is 9.47 Å². The van der Waals surface area contributed by atoms with Gasteiger partial charge in [-0.15, -0.1) is 0 Å². The molecule has 1 saturated heterocycles. The van der Waals surface area contributed by atoms with Crippen LogP contribution < -0.4 is 9.98 Å². The van der Waals surface area contributed by atoms with Crippen LogP contribution in [-0.2, 0) is 9.47 Å². The molecule has 2 N–H and O–H groups in total. The smallest absolute Gasteiger partial charge is 0.392 e. The number of ether oxygens (including phenoxy) is 2. The van der Waals surface area contributed by atoms with Gasteiger partial charge in [-0.1, -0.05) is 0 Å². The highest BCUT2D eigenvalue weighted by atomic mass is 32.1. The van der Waals surface area contributed by atoms with Gasteiger partial charge in [0.1, 0.15) is 0 Å². The Morgan fingerprint density at radius 2 is 2.35 bits per heavy atom. The van der Waals surface area contributed by atoms with Crippen molar-refractivity contribution in [2.75, 3.05) is 47.5 Å². The Morgan fingerprint density at radius 3 is 2.95 bits per heavy atom. The fourth-order valence-electron chi connectivity index (χ4n) is 1.87. The largest absolute Gasteiger partial charge is 0.402 e. The van der Waals surface area contributed by atoms with Crippen LogP contribution in [0.2, 0.25) is 0 Å². The van der Waals surface area contributed by atoms with Crippen molar-refractivity contribution in [3.63, 3.8) is 0 Å². The lowest BCUT2D eigenvalue weighted by Crippen LogP contribution is -2.43. The monoisotopic (exact) mass is 304 g/mol. The average Bonchev–Trinajstić information content (AvgIpc) is 2.42. The molecule has 1 aliphatic heterocycles. The van der Waals surface area contributed by atoms with E-state index in [1.165, 1.54) is 0 Å². The van der Waals surface area contributed by atoms with Crippen molar-refractivity contribution >= 4 is 24.0 Å². The Bertz CT molecular complexity index is 346. The first kappa shape index (κ1) is 17.5. The highest BCUT2D eigenvalue weighted by Crippen LogP contribution is 2.17. The van der Waals surface area contributed by atoms with E-state index < -0.39 is 6.10 Å². The van der Waals surface area contributed by atoms with Crippen LogP contribution in [0.4, 0.5) is 0 Å². The number of nitrogens with one attached hydrogen (secondary N) is 1. The molecule has 7 heteroatoms. The lowest BCUT2D eigenvalue weighted by Gasteiger charge is -2.30. The van der Waals surface area contributed by atoms with Gasteiger partial charge in [0, 0.05) is 26.6 Å². The first-order valence-electron chi connectivity index (χ1n) is 6.81. The summed E-state index contributed by atoms with van der Waals surface area (Å²) in [6.07, 6.45) is 1.95. The fraction of sp³-hybridized carbons (Fsp3) is 0.846. The lowest BCUT2D eigenvalue weighted by molar-refractivity contribution is -0.0607. The van der Waals surface area contributed by atoms with Gasteiger partial charge in [-0.3, -0.25) is 0 Å². The van der Waals surface area contributed by atoms with E-state index in [2.05, 4.69) is 22.6 Å². The van der Waals surface area contributed by atoms with Crippen LogP contribution in [0.3, 0.4) is 0 Å². The maximum atomic E-state index is 10.1. The van der Waals surface area contributed by atoms with Gasteiger partial charge in [-0.2, -0.15) is 0 Å². The molecular formula is C13H26N3O3S+. The van der Waals surface area contributed by atoms with E-state index in [-0.39, 0.29) is 12.0 Å². The molecule has 1 aliphatic rings. The summed E-state index contributed by atoms with van der Waals surface area (Å²) >= 11 is 4.24. The maximum absolute atomic E-state index is 10.1. The van der Waals surface area contributed by atoms with Gasteiger partial charge >= 0.3 is 5.17 Å². The Labute approximate surface area is 126 Å². The van der Waals surface area contributed by atoms with E-state index in [0.717, 1.165) is 13.1 Å². The number of methoxy groups -OCH3 is 1. The van der Waals surface area contributed by atoms with Gasteiger partial charge in [0.2, 0.25) is 0 Å². The minimum atomic E-state index is -0.426. The molecule has 20 heavy (non-hydrogen) atoms. The van der Waals surface area contributed by atoms with Crippen LogP contribution in [0.15, 0.2) is 0 Å². The van der Waals surface area contributed by atoms with Crippen molar-refractivity contribution in [2.45, 2.75) is 18.6 Å². The average molecular weight is 304 g/mol. The van der Waals surface area contributed by atoms with E-state index in [1.54, 1.807) is 18.2 Å². The Hall–Kier alpha value is -0.560. The molecule has 3 atom stereocenters. The summed E-state index contributed by atoms with van der Waals surface area (Å²) in [6, 6.07) is 0. The topological polar surface area (TPSA) is 68.1 Å². The van der Waals surface area contributed by atoms with Crippen LogP contribution in [-0.4, -0.2) is 81.1 Å². The molecule has 1 rings (SSSR count). The summed E-state index contributed by atoms with van der Waals surface area (Å²) in [6.45, 7) is 2.68. The SMILES string of the molecule is COCCNCC1CC(O)C(C=[N+]=C(S)N(C)C)CO1.